The largest absolute Gasteiger partial charge is 0.384 e. The van der Waals surface area contributed by atoms with Crippen LogP contribution in [-0.2, 0) is 6.54 Å². The van der Waals surface area contributed by atoms with Crippen molar-refractivity contribution >= 4 is 40.0 Å². The molecule has 0 bridgehead atoms. The van der Waals surface area contributed by atoms with E-state index in [1.54, 1.807) is 6.07 Å². The van der Waals surface area contributed by atoms with Gasteiger partial charge in [0.2, 0.25) is 5.13 Å². The molecule has 0 saturated carbocycles. The van der Waals surface area contributed by atoms with Crippen LogP contribution in [0.2, 0.25) is 5.02 Å². The second-order valence-electron chi connectivity index (χ2n) is 5.88. The third kappa shape index (κ3) is 5.03. The minimum atomic E-state index is -0.451. The Morgan fingerprint density at radius 3 is 2.73 bits per heavy atom. The number of rotatable bonds is 6. The lowest BCUT2D eigenvalue weighted by molar-refractivity contribution is 0.628. The Labute approximate surface area is 160 Å². The molecule has 0 amide bonds. The number of nitrogens with zero attached hydrogens (tertiary/aromatic N) is 2. The van der Waals surface area contributed by atoms with Crippen molar-refractivity contribution in [1.29, 1.82) is 0 Å². The number of benzene rings is 2. The number of aryl methyl sites for hydroxylation is 1. The van der Waals surface area contributed by atoms with E-state index in [1.165, 1.54) is 34.8 Å². The van der Waals surface area contributed by atoms with E-state index < -0.39 is 5.82 Å². The van der Waals surface area contributed by atoms with Gasteiger partial charge in [-0.15, -0.1) is 0 Å². The van der Waals surface area contributed by atoms with Gasteiger partial charge in [0, 0.05) is 35.5 Å². The molecule has 26 heavy (non-hydrogen) atoms. The minimum Gasteiger partial charge on any atom is -0.384 e. The van der Waals surface area contributed by atoms with Crippen molar-refractivity contribution in [3.8, 4) is 0 Å². The first-order valence-corrected chi connectivity index (χ1v) is 9.18. The highest BCUT2D eigenvalue weighted by Gasteiger charge is 2.05. The second kappa shape index (κ2) is 8.29. The molecular formula is C19H18ClFN4S. The fourth-order valence-corrected chi connectivity index (χ4v) is 2.99. The van der Waals surface area contributed by atoms with Crippen LogP contribution >= 0.6 is 23.1 Å². The lowest BCUT2D eigenvalue weighted by Gasteiger charge is -2.06. The van der Waals surface area contributed by atoms with Crippen molar-refractivity contribution in [3.05, 3.63) is 76.0 Å². The molecule has 3 aromatic rings. The minimum absolute atomic E-state index is 0.0655. The molecule has 2 aromatic carbocycles. The molecule has 2 N–H and O–H groups in total. The lowest BCUT2D eigenvalue weighted by Crippen LogP contribution is -2.10. The molecule has 0 aliphatic rings. The second-order valence-corrected chi connectivity index (χ2v) is 7.04. The summed E-state index contributed by atoms with van der Waals surface area (Å²) in [7, 11) is 0. The van der Waals surface area contributed by atoms with Crippen LogP contribution < -0.4 is 10.6 Å². The molecular weight excluding hydrogens is 371 g/mol. The Kier molecular flexibility index (Phi) is 5.85. The predicted molar refractivity (Wildman–Crippen MR) is 106 cm³/mol. The monoisotopic (exact) mass is 388 g/mol. The van der Waals surface area contributed by atoms with Gasteiger partial charge in [-0.25, -0.2) is 4.39 Å². The Morgan fingerprint density at radius 1 is 1.23 bits per heavy atom. The maximum absolute atomic E-state index is 13.2. The lowest BCUT2D eigenvalue weighted by atomic mass is 10.1. The van der Waals surface area contributed by atoms with E-state index in [2.05, 4.69) is 51.2 Å². The number of hydrogen-bond donors (Lipinski definition) is 2. The average Bonchev–Trinajstić information content (AvgIpc) is 3.04. The summed E-state index contributed by atoms with van der Waals surface area (Å²) in [5, 5.41) is 7.10. The maximum Gasteiger partial charge on any atom is 0.207 e. The number of aromatic nitrogens is 2. The van der Waals surface area contributed by atoms with Crippen molar-refractivity contribution in [2.75, 3.05) is 5.32 Å². The summed E-state index contributed by atoms with van der Waals surface area (Å²) in [6, 6.07) is 12.8. The van der Waals surface area contributed by atoms with E-state index in [0.29, 0.717) is 16.6 Å². The van der Waals surface area contributed by atoms with E-state index in [9.17, 15) is 4.39 Å². The van der Waals surface area contributed by atoms with Crippen LogP contribution in [0.15, 0.2) is 48.2 Å². The van der Waals surface area contributed by atoms with Gasteiger partial charge in [-0.2, -0.15) is 9.36 Å². The molecule has 0 unspecified atom stereocenters. The first-order chi connectivity index (χ1) is 12.5. The molecule has 3 rings (SSSR count). The summed E-state index contributed by atoms with van der Waals surface area (Å²) in [6.45, 7) is 4.79. The van der Waals surface area contributed by atoms with Crippen LogP contribution in [0.5, 0.6) is 0 Å². The first-order valence-electron chi connectivity index (χ1n) is 8.03. The molecule has 0 aliphatic heterocycles. The summed E-state index contributed by atoms with van der Waals surface area (Å²) in [5.74, 6) is 0.160. The molecule has 1 heterocycles. The van der Waals surface area contributed by atoms with Gasteiger partial charge in [-0.05, 0) is 37.6 Å². The van der Waals surface area contributed by atoms with Crippen molar-refractivity contribution in [1.82, 2.24) is 14.7 Å². The highest BCUT2D eigenvalue weighted by atomic mass is 35.5. The first kappa shape index (κ1) is 18.4. The van der Waals surface area contributed by atoms with Crippen LogP contribution in [0.1, 0.15) is 23.9 Å². The van der Waals surface area contributed by atoms with Gasteiger partial charge in [-0.1, -0.05) is 41.4 Å². The fraction of sp³-hybridized carbons (Fsp3) is 0.158. The Bertz CT molecular complexity index is 922. The van der Waals surface area contributed by atoms with Crippen LogP contribution in [-0.4, -0.2) is 9.36 Å². The van der Waals surface area contributed by atoms with Crippen LogP contribution in [0.3, 0.4) is 0 Å². The van der Waals surface area contributed by atoms with Gasteiger partial charge in [0.1, 0.15) is 5.82 Å². The zero-order chi connectivity index (χ0) is 18.5. The van der Waals surface area contributed by atoms with Crippen molar-refractivity contribution < 1.29 is 4.39 Å². The molecule has 0 aliphatic carbocycles. The van der Waals surface area contributed by atoms with Crippen molar-refractivity contribution in [3.63, 3.8) is 0 Å². The summed E-state index contributed by atoms with van der Waals surface area (Å²) < 4.78 is 17.5. The van der Waals surface area contributed by atoms with Crippen molar-refractivity contribution in [2.24, 2.45) is 0 Å². The average molecular weight is 389 g/mol. The van der Waals surface area contributed by atoms with Crippen molar-refractivity contribution in [2.45, 2.75) is 20.4 Å². The highest BCUT2D eigenvalue weighted by Crippen LogP contribution is 2.24. The topological polar surface area (TPSA) is 49.8 Å². The molecule has 134 valence electrons. The van der Waals surface area contributed by atoms with E-state index in [0.717, 1.165) is 12.2 Å². The van der Waals surface area contributed by atoms with Gasteiger partial charge < -0.3 is 10.6 Å². The normalized spacial score (nSPS) is 11.5. The Balaban J connectivity index is 1.60. The van der Waals surface area contributed by atoms with Crippen LogP contribution in [0.25, 0.3) is 6.08 Å². The third-order valence-electron chi connectivity index (χ3n) is 3.65. The fourth-order valence-electron chi connectivity index (χ4n) is 2.23. The Morgan fingerprint density at radius 2 is 2.00 bits per heavy atom. The molecule has 7 heteroatoms. The predicted octanol–water partition coefficient (Wildman–Crippen LogP) is 5.53. The summed E-state index contributed by atoms with van der Waals surface area (Å²) in [6.07, 6.45) is 1.88. The SMILES string of the molecule is CC(=Cc1nsc(Nc2ccc(F)c(Cl)c2)n1)NCc1ccc(C)cc1. The number of halogens is 2. The molecule has 0 atom stereocenters. The highest BCUT2D eigenvalue weighted by molar-refractivity contribution is 7.09. The number of nitrogens with one attached hydrogen (secondary N) is 2. The van der Waals surface area contributed by atoms with Crippen LogP contribution in [0, 0.1) is 12.7 Å². The van der Waals surface area contributed by atoms with E-state index in [1.807, 2.05) is 13.0 Å². The molecule has 1 aromatic heterocycles. The standard InChI is InChI=1S/C19H18ClFN4S/c1-12-3-5-14(6-4-12)11-22-13(2)9-18-24-19(26-25-18)23-15-7-8-17(21)16(20)10-15/h3-10,22H,11H2,1-2H3,(H,23,24,25). The zero-order valence-electron chi connectivity index (χ0n) is 14.4. The summed E-state index contributed by atoms with van der Waals surface area (Å²) >= 11 is 7.01. The smallest absolute Gasteiger partial charge is 0.207 e. The van der Waals surface area contributed by atoms with Gasteiger partial charge in [0.15, 0.2) is 5.82 Å². The molecule has 0 fully saturated rings. The van der Waals surface area contributed by atoms with Gasteiger partial charge in [0.25, 0.3) is 0 Å². The quantitative estimate of drug-likeness (QED) is 0.582. The number of allylic oxidation sites excluding steroid dienone is 1. The summed E-state index contributed by atoms with van der Waals surface area (Å²) in [5.41, 5.74) is 4.09. The third-order valence-corrected chi connectivity index (χ3v) is 4.58. The van der Waals surface area contributed by atoms with E-state index in [4.69, 9.17) is 11.6 Å². The van der Waals surface area contributed by atoms with Gasteiger partial charge >= 0.3 is 0 Å². The summed E-state index contributed by atoms with van der Waals surface area (Å²) in [4.78, 5) is 4.41. The molecule has 4 nitrogen and oxygen atoms in total. The van der Waals surface area contributed by atoms with Gasteiger partial charge in [0.05, 0.1) is 5.02 Å². The van der Waals surface area contributed by atoms with Gasteiger partial charge in [-0.3, -0.25) is 0 Å². The molecule has 0 spiro atoms. The number of anilines is 2. The molecule has 0 radical (unpaired) electrons. The van der Waals surface area contributed by atoms with E-state index >= 15 is 0 Å². The number of hydrogen-bond acceptors (Lipinski definition) is 5. The van der Waals surface area contributed by atoms with E-state index in [-0.39, 0.29) is 5.02 Å². The molecule has 0 saturated heterocycles. The maximum atomic E-state index is 13.2. The van der Waals surface area contributed by atoms with Crippen LogP contribution in [0.4, 0.5) is 15.2 Å². The zero-order valence-corrected chi connectivity index (χ0v) is 16.0. The Hall–Kier alpha value is -2.44.